The Balaban J connectivity index is 2.39. The third kappa shape index (κ3) is 0.648. The maximum Gasteiger partial charge on any atom is 0.0942 e. The lowest BCUT2D eigenvalue weighted by Crippen LogP contribution is -2.01. The first-order chi connectivity index (χ1) is 4.79. The van der Waals surface area contributed by atoms with Crippen LogP contribution < -0.4 is 0 Å². The van der Waals surface area contributed by atoms with E-state index in [4.69, 9.17) is 0 Å². The number of allylic oxidation sites excluding steroid dienone is 1. The highest BCUT2D eigenvalue weighted by Crippen LogP contribution is 2.38. The first kappa shape index (κ1) is 6.08. The van der Waals surface area contributed by atoms with Gasteiger partial charge in [0.15, 0.2) is 0 Å². The summed E-state index contributed by atoms with van der Waals surface area (Å²) in [7, 11) is 0. The van der Waals surface area contributed by atoms with Crippen LogP contribution in [0.3, 0.4) is 0 Å². The van der Waals surface area contributed by atoms with Crippen molar-refractivity contribution in [2.45, 2.75) is 38.8 Å². The second-order valence-corrected chi connectivity index (χ2v) is 3.30. The van der Waals surface area contributed by atoms with Crippen LogP contribution in [0, 0.1) is 0 Å². The summed E-state index contributed by atoms with van der Waals surface area (Å²) in [6.07, 6.45) is 2.46. The van der Waals surface area contributed by atoms with E-state index in [1.807, 2.05) is 0 Å². The van der Waals surface area contributed by atoms with E-state index in [0.29, 0.717) is 12.1 Å². The average Bonchev–Trinajstić information content (AvgIpc) is 2.43. The van der Waals surface area contributed by atoms with Crippen LogP contribution >= 0.6 is 0 Å². The van der Waals surface area contributed by atoms with Crippen LogP contribution in [-0.2, 0) is 0 Å². The Morgan fingerprint density at radius 2 is 1.70 bits per heavy atom. The van der Waals surface area contributed by atoms with Crippen LogP contribution in [0.1, 0.15) is 26.7 Å². The van der Waals surface area contributed by atoms with E-state index >= 15 is 0 Å². The average molecular weight is 136 g/mol. The molecule has 1 aliphatic carbocycles. The fourth-order valence-corrected chi connectivity index (χ4v) is 1.92. The molecule has 0 aromatic heterocycles. The van der Waals surface area contributed by atoms with Crippen molar-refractivity contribution in [1.82, 2.24) is 0 Å². The largest absolute Gasteiger partial charge is 0.186 e. The summed E-state index contributed by atoms with van der Waals surface area (Å²) in [4.78, 5) is 0. The van der Waals surface area contributed by atoms with E-state index in [0.717, 1.165) is 0 Å². The molecule has 1 aliphatic heterocycles. The molecule has 2 bridgehead atoms. The van der Waals surface area contributed by atoms with E-state index in [1.165, 1.54) is 24.0 Å². The van der Waals surface area contributed by atoms with E-state index in [2.05, 4.69) is 24.1 Å². The Morgan fingerprint density at radius 3 is 1.90 bits per heavy atom. The molecule has 0 radical (unpaired) electrons. The molecule has 1 heterocycles. The first-order valence-electron chi connectivity index (χ1n) is 3.86. The lowest BCUT2D eigenvalue weighted by atomic mass is 10.1. The molecule has 0 N–H and O–H groups in total. The molecule has 1 saturated carbocycles. The molecular weight excluding hydrogens is 124 g/mol. The molecule has 0 spiro atoms. The van der Waals surface area contributed by atoms with Crippen LogP contribution in [0.2, 0.25) is 0 Å². The summed E-state index contributed by atoms with van der Waals surface area (Å²) in [6, 6.07) is 0.935. The minimum Gasteiger partial charge on any atom is -0.186 e. The molecule has 0 amide bonds. The Morgan fingerprint density at radius 1 is 1.20 bits per heavy atom. The quantitative estimate of drug-likeness (QED) is 0.456. The fourth-order valence-electron chi connectivity index (χ4n) is 1.92. The number of fused-ring (bicyclic) bond motifs is 2. The highest BCUT2D eigenvalue weighted by molar-refractivity contribution is 5.29. The fraction of sp³-hybridized carbons (Fsp3) is 0.750. The molecular formula is C8H12N2. The van der Waals surface area contributed by atoms with Gasteiger partial charge in [-0.05, 0) is 32.3 Å². The molecule has 2 aliphatic rings. The molecule has 0 saturated heterocycles. The van der Waals surface area contributed by atoms with Crippen molar-refractivity contribution < 1.29 is 0 Å². The van der Waals surface area contributed by atoms with Gasteiger partial charge in [-0.2, -0.15) is 10.2 Å². The minimum atomic E-state index is 0.468. The molecule has 0 aromatic rings. The minimum absolute atomic E-state index is 0.468. The SMILES string of the molecule is CC(C)=C1[C@@H]2CC[C@H]1N=N2. The van der Waals surface area contributed by atoms with Gasteiger partial charge in [-0.1, -0.05) is 5.57 Å². The highest BCUT2D eigenvalue weighted by Gasteiger charge is 2.35. The Bertz CT molecular complexity index is 195. The lowest BCUT2D eigenvalue weighted by molar-refractivity contribution is 0.643. The third-order valence-electron chi connectivity index (χ3n) is 2.35. The molecule has 0 aromatic carbocycles. The van der Waals surface area contributed by atoms with E-state index in [1.54, 1.807) is 0 Å². The van der Waals surface area contributed by atoms with Crippen LogP contribution in [0.25, 0.3) is 0 Å². The van der Waals surface area contributed by atoms with Gasteiger partial charge in [0.2, 0.25) is 0 Å². The van der Waals surface area contributed by atoms with Gasteiger partial charge in [0.25, 0.3) is 0 Å². The Labute approximate surface area is 61.0 Å². The number of hydrogen-bond donors (Lipinski definition) is 0. The lowest BCUT2D eigenvalue weighted by Gasteiger charge is -2.01. The first-order valence-corrected chi connectivity index (χ1v) is 3.86. The van der Waals surface area contributed by atoms with Crippen molar-refractivity contribution >= 4 is 0 Å². The van der Waals surface area contributed by atoms with Gasteiger partial charge in [0, 0.05) is 0 Å². The maximum atomic E-state index is 4.17. The predicted octanol–water partition coefficient (Wildman–Crippen LogP) is 2.32. The molecule has 1 fully saturated rings. The van der Waals surface area contributed by atoms with Gasteiger partial charge in [-0.25, -0.2) is 0 Å². The van der Waals surface area contributed by atoms with Gasteiger partial charge < -0.3 is 0 Å². The summed E-state index contributed by atoms with van der Waals surface area (Å²) in [5.74, 6) is 0. The molecule has 10 heavy (non-hydrogen) atoms. The van der Waals surface area contributed by atoms with Gasteiger partial charge in [-0.15, -0.1) is 0 Å². The van der Waals surface area contributed by atoms with Crippen LogP contribution in [0.5, 0.6) is 0 Å². The van der Waals surface area contributed by atoms with Crippen molar-refractivity contribution in [2.75, 3.05) is 0 Å². The van der Waals surface area contributed by atoms with Crippen molar-refractivity contribution in [2.24, 2.45) is 10.2 Å². The Hall–Kier alpha value is -0.660. The number of rotatable bonds is 0. The molecule has 54 valence electrons. The monoisotopic (exact) mass is 136 g/mol. The molecule has 2 rings (SSSR count). The highest BCUT2D eigenvalue weighted by atomic mass is 15.2. The molecule has 2 nitrogen and oxygen atoms in total. The van der Waals surface area contributed by atoms with Gasteiger partial charge in [0.1, 0.15) is 0 Å². The summed E-state index contributed by atoms with van der Waals surface area (Å²) < 4.78 is 0. The van der Waals surface area contributed by atoms with Gasteiger partial charge in [0.05, 0.1) is 12.1 Å². The summed E-state index contributed by atoms with van der Waals surface area (Å²) in [5.41, 5.74) is 2.93. The van der Waals surface area contributed by atoms with Crippen molar-refractivity contribution in [3.05, 3.63) is 11.1 Å². The topological polar surface area (TPSA) is 24.7 Å². The smallest absolute Gasteiger partial charge is 0.0942 e. The van der Waals surface area contributed by atoms with E-state index in [-0.39, 0.29) is 0 Å². The van der Waals surface area contributed by atoms with Gasteiger partial charge in [-0.3, -0.25) is 0 Å². The second-order valence-electron chi connectivity index (χ2n) is 3.30. The van der Waals surface area contributed by atoms with Crippen LogP contribution in [0.15, 0.2) is 21.4 Å². The molecule has 2 atom stereocenters. The second kappa shape index (κ2) is 1.91. The van der Waals surface area contributed by atoms with Crippen molar-refractivity contribution in [1.29, 1.82) is 0 Å². The van der Waals surface area contributed by atoms with E-state index < -0.39 is 0 Å². The van der Waals surface area contributed by atoms with Crippen LogP contribution in [0.4, 0.5) is 0 Å². The third-order valence-corrected chi connectivity index (χ3v) is 2.35. The zero-order valence-corrected chi connectivity index (χ0v) is 6.46. The molecule has 2 heteroatoms. The maximum absolute atomic E-state index is 4.17. The number of azo groups is 1. The van der Waals surface area contributed by atoms with E-state index in [9.17, 15) is 0 Å². The van der Waals surface area contributed by atoms with Crippen molar-refractivity contribution in [3.63, 3.8) is 0 Å². The Kier molecular flexibility index (Phi) is 1.16. The van der Waals surface area contributed by atoms with Crippen molar-refractivity contribution in [3.8, 4) is 0 Å². The summed E-state index contributed by atoms with van der Waals surface area (Å²) in [5, 5.41) is 8.35. The number of nitrogens with zero attached hydrogens (tertiary/aromatic N) is 2. The summed E-state index contributed by atoms with van der Waals surface area (Å²) in [6.45, 7) is 4.33. The van der Waals surface area contributed by atoms with Crippen LogP contribution in [-0.4, -0.2) is 12.1 Å². The standard InChI is InChI=1S/C8H12N2/c1-5(2)8-6-3-4-7(8)10-9-6/h6-7H,3-4H2,1-2H3/t6-,7+. The predicted molar refractivity (Wildman–Crippen MR) is 40.0 cm³/mol. The number of hydrogen-bond acceptors (Lipinski definition) is 2. The zero-order chi connectivity index (χ0) is 7.14. The summed E-state index contributed by atoms with van der Waals surface area (Å²) >= 11 is 0. The zero-order valence-electron chi connectivity index (χ0n) is 6.46. The molecule has 0 unspecified atom stereocenters. The van der Waals surface area contributed by atoms with Gasteiger partial charge >= 0.3 is 0 Å². The normalized spacial score (nSPS) is 35.6.